The van der Waals surface area contributed by atoms with E-state index in [-0.39, 0.29) is 24.0 Å². The maximum atomic E-state index is 11.5. The molecule has 0 saturated heterocycles. The fraction of sp³-hybridized carbons (Fsp3) is 0.500. The fourth-order valence-electron chi connectivity index (χ4n) is 1.72. The molecule has 0 unspecified atom stereocenters. The van der Waals surface area contributed by atoms with Crippen molar-refractivity contribution in [3.05, 3.63) is 16.7 Å². The fourth-order valence-corrected chi connectivity index (χ4v) is 1.72. The third-order valence-corrected chi connectivity index (χ3v) is 2.82. The Labute approximate surface area is 102 Å². The van der Waals surface area contributed by atoms with E-state index in [0.717, 1.165) is 0 Å². The smallest absolute Gasteiger partial charge is 0.280 e. The van der Waals surface area contributed by atoms with Gasteiger partial charge in [-0.1, -0.05) is 6.92 Å². The van der Waals surface area contributed by atoms with Crippen molar-refractivity contribution in [3.63, 3.8) is 0 Å². The van der Waals surface area contributed by atoms with Crippen LogP contribution in [-0.2, 0) is 6.54 Å². The average molecular weight is 253 g/mol. The zero-order chi connectivity index (χ0) is 13.3. The minimum absolute atomic E-state index is 0.0182. The van der Waals surface area contributed by atoms with Gasteiger partial charge in [0.15, 0.2) is 11.2 Å². The van der Waals surface area contributed by atoms with Crippen LogP contribution in [0.25, 0.3) is 11.2 Å². The predicted molar refractivity (Wildman–Crippen MR) is 64.8 cm³/mol. The molecule has 0 fully saturated rings. The van der Waals surface area contributed by atoms with Crippen molar-refractivity contribution in [2.45, 2.75) is 19.6 Å². The molecule has 5 N–H and O–H groups in total. The van der Waals surface area contributed by atoms with Gasteiger partial charge in [-0.25, -0.2) is 4.98 Å². The monoisotopic (exact) mass is 253 g/mol. The van der Waals surface area contributed by atoms with Crippen LogP contribution in [0, 0.1) is 5.92 Å². The molecule has 8 heteroatoms. The van der Waals surface area contributed by atoms with Crippen molar-refractivity contribution < 1.29 is 10.2 Å². The number of aromatic nitrogens is 4. The minimum Gasteiger partial charge on any atom is -0.394 e. The van der Waals surface area contributed by atoms with Gasteiger partial charge in [0.2, 0.25) is 5.95 Å². The van der Waals surface area contributed by atoms with Gasteiger partial charge in [0, 0.05) is 12.5 Å². The number of aromatic amines is 1. The molecule has 0 aliphatic heterocycles. The number of aliphatic hydroxyl groups is 2. The first-order valence-corrected chi connectivity index (χ1v) is 5.52. The number of rotatable bonds is 4. The van der Waals surface area contributed by atoms with Crippen LogP contribution < -0.4 is 11.3 Å². The summed E-state index contributed by atoms with van der Waals surface area (Å²) in [6.45, 7) is 1.85. The van der Waals surface area contributed by atoms with E-state index in [4.69, 9.17) is 10.8 Å². The second-order valence-corrected chi connectivity index (χ2v) is 4.25. The zero-order valence-corrected chi connectivity index (χ0v) is 9.87. The molecule has 0 aromatic carbocycles. The van der Waals surface area contributed by atoms with Crippen molar-refractivity contribution in [3.8, 4) is 0 Å². The van der Waals surface area contributed by atoms with Crippen molar-refractivity contribution in [1.29, 1.82) is 0 Å². The average Bonchev–Trinajstić information content (AvgIpc) is 2.71. The minimum atomic E-state index is -0.832. The molecule has 2 rings (SSSR count). The standard InChI is InChI=1S/C10H15N5O3/c1-5(6(17)3-16)2-15-4-12-7-8(15)13-10(11)14-9(7)18/h4-6,16-17H,2-3H2,1H3,(H3,11,13,14,18)/t5-,6-/m1/s1. The molecular formula is C10H15N5O3. The lowest BCUT2D eigenvalue weighted by Gasteiger charge is -2.17. The van der Waals surface area contributed by atoms with Gasteiger partial charge in [-0.2, -0.15) is 4.98 Å². The summed E-state index contributed by atoms with van der Waals surface area (Å²) in [5.41, 5.74) is 5.65. The second-order valence-electron chi connectivity index (χ2n) is 4.25. The van der Waals surface area contributed by atoms with Crippen molar-refractivity contribution in [1.82, 2.24) is 19.5 Å². The molecule has 8 nitrogen and oxygen atoms in total. The zero-order valence-electron chi connectivity index (χ0n) is 9.87. The number of nitrogen functional groups attached to an aromatic ring is 1. The molecule has 2 heterocycles. The normalized spacial score (nSPS) is 14.8. The number of anilines is 1. The molecule has 0 amide bonds. The number of H-pyrrole nitrogens is 1. The molecular weight excluding hydrogens is 238 g/mol. The maximum absolute atomic E-state index is 11.5. The number of hydrogen-bond acceptors (Lipinski definition) is 6. The SMILES string of the molecule is C[C@H](Cn1cnc2c(=O)[nH]c(N)nc21)[C@H](O)CO. The van der Waals surface area contributed by atoms with Crippen LogP contribution in [0.1, 0.15) is 6.92 Å². The Morgan fingerprint density at radius 1 is 1.61 bits per heavy atom. The summed E-state index contributed by atoms with van der Waals surface area (Å²) in [6.07, 6.45) is 0.634. The number of fused-ring (bicyclic) bond motifs is 1. The van der Waals surface area contributed by atoms with Crippen LogP contribution in [0.15, 0.2) is 11.1 Å². The first-order chi connectivity index (χ1) is 8.52. The number of hydrogen-bond donors (Lipinski definition) is 4. The number of aliphatic hydroxyl groups excluding tert-OH is 2. The van der Waals surface area contributed by atoms with Crippen molar-refractivity contribution in [2.75, 3.05) is 12.3 Å². The topological polar surface area (TPSA) is 130 Å². The second kappa shape index (κ2) is 4.75. The predicted octanol–water partition coefficient (Wildman–Crippen LogP) is -1.31. The summed E-state index contributed by atoms with van der Waals surface area (Å²) in [6, 6.07) is 0. The van der Waals surface area contributed by atoms with Gasteiger partial charge in [0.1, 0.15) is 0 Å². The third-order valence-electron chi connectivity index (χ3n) is 2.82. The van der Waals surface area contributed by atoms with Crippen LogP contribution in [0.3, 0.4) is 0 Å². The summed E-state index contributed by atoms with van der Waals surface area (Å²) < 4.78 is 1.63. The van der Waals surface area contributed by atoms with E-state index in [1.807, 2.05) is 0 Å². The summed E-state index contributed by atoms with van der Waals surface area (Å²) in [7, 11) is 0. The van der Waals surface area contributed by atoms with Crippen LogP contribution in [0.4, 0.5) is 5.95 Å². The lowest BCUT2D eigenvalue weighted by Crippen LogP contribution is -2.25. The Bertz CT molecular complexity index is 605. The van der Waals surface area contributed by atoms with E-state index in [1.54, 1.807) is 11.5 Å². The maximum Gasteiger partial charge on any atom is 0.280 e. The van der Waals surface area contributed by atoms with Gasteiger partial charge in [0.05, 0.1) is 19.0 Å². The first-order valence-electron chi connectivity index (χ1n) is 5.52. The molecule has 18 heavy (non-hydrogen) atoms. The van der Waals surface area contributed by atoms with Gasteiger partial charge >= 0.3 is 0 Å². The van der Waals surface area contributed by atoms with Crippen molar-refractivity contribution in [2.24, 2.45) is 5.92 Å². The Hall–Kier alpha value is -1.93. The van der Waals surface area contributed by atoms with Gasteiger partial charge in [-0.15, -0.1) is 0 Å². The molecule has 0 radical (unpaired) electrons. The Balaban J connectivity index is 2.38. The Morgan fingerprint density at radius 3 is 3.00 bits per heavy atom. The van der Waals surface area contributed by atoms with E-state index in [1.165, 1.54) is 6.33 Å². The van der Waals surface area contributed by atoms with Gasteiger partial charge in [0.25, 0.3) is 5.56 Å². The number of nitrogens with one attached hydrogen (secondary N) is 1. The molecule has 98 valence electrons. The highest BCUT2D eigenvalue weighted by molar-refractivity contribution is 5.70. The molecule has 0 aliphatic rings. The number of nitrogens with zero attached hydrogens (tertiary/aromatic N) is 3. The number of nitrogens with two attached hydrogens (primary N) is 1. The van der Waals surface area contributed by atoms with Gasteiger partial charge in [-0.3, -0.25) is 9.78 Å². The van der Waals surface area contributed by atoms with E-state index < -0.39 is 11.7 Å². The highest BCUT2D eigenvalue weighted by atomic mass is 16.3. The molecule has 2 atom stereocenters. The first kappa shape index (κ1) is 12.5. The van der Waals surface area contributed by atoms with E-state index >= 15 is 0 Å². The Kier molecular flexibility index (Phi) is 3.30. The molecule has 2 aromatic heterocycles. The molecule has 0 saturated carbocycles. The lowest BCUT2D eigenvalue weighted by atomic mass is 10.1. The molecule has 0 spiro atoms. The largest absolute Gasteiger partial charge is 0.394 e. The van der Waals surface area contributed by atoms with Crippen LogP contribution >= 0.6 is 0 Å². The molecule has 2 aromatic rings. The third kappa shape index (κ3) is 2.20. The van der Waals surface area contributed by atoms with Crippen LogP contribution in [0.5, 0.6) is 0 Å². The molecule has 0 aliphatic carbocycles. The highest BCUT2D eigenvalue weighted by Gasteiger charge is 2.16. The van der Waals surface area contributed by atoms with Crippen LogP contribution in [0.2, 0.25) is 0 Å². The Morgan fingerprint density at radius 2 is 2.33 bits per heavy atom. The summed E-state index contributed by atoms with van der Waals surface area (Å²) in [5, 5.41) is 18.4. The van der Waals surface area contributed by atoms with E-state index in [0.29, 0.717) is 12.2 Å². The highest BCUT2D eigenvalue weighted by Crippen LogP contribution is 2.11. The van der Waals surface area contributed by atoms with Crippen molar-refractivity contribution >= 4 is 17.1 Å². The molecule has 0 bridgehead atoms. The lowest BCUT2D eigenvalue weighted by molar-refractivity contribution is 0.0476. The van der Waals surface area contributed by atoms with Gasteiger partial charge < -0.3 is 20.5 Å². The van der Waals surface area contributed by atoms with E-state index in [2.05, 4.69) is 15.0 Å². The summed E-state index contributed by atoms with van der Waals surface area (Å²) in [5.74, 6) is -0.181. The number of imidazole rings is 1. The van der Waals surface area contributed by atoms with Gasteiger partial charge in [-0.05, 0) is 0 Å². The quantitative estimate of drug-likeness (QED) is 0.535. The summed E-state index contributed by atoms with van der Waals surface area (Å²) >= 11 is 0. The van der Waals surface area contributed by atoms with Crippen LogP contribution in [-0.4, -0.2) is 42.4 Å². The van der Waals surface area contributed by atoms with E-state index in [9.17, 15) is 9.90 Å². The summed E-state index contributed by atoms with van der Waals surface area (Å²) in [4.78, 5) is 21.9.